The summed E-state index contributed by atoms with van der Waals surface area (Å²) in [6.45, 7) is 1.18. The summed E-state index contributed by atoms with van der Waals surface area (Å²) in [7, 11) is 0. The van der Waals surface area contributed by atoms with Crippen molar-refractivity contribution in [3.05, 3.63) is 29.3 Å². The maximum absolute atomic E-state index is 11.9. The fourth-order valence-corrected chi connectivity index (χ4v) is 2.03. The van der Waals surface area contributed by atoms with E-state index in [1.807, 2.05) is 0 Å². The summed E-state index contributed by atoms with van der Waals surface area (Å²) >= 11 is 5.84. The third-order valence-electron chi connectivity index (χ3n) is 2.83. The van der Waals surface area contributed by atoms with E-state index >= 15 is 0 Å². The highest BCUT2D eigenvalue weighted by molar-refractivity contribution is 6.30. The Labute approximate surface area is 105 Å². The molecular formula is C12H15ClN2O2. The molecule has 2 N–H and O–H groups in total. The number of nitrogens with zero attached hydrogens (tertiary/aromatic N) is 1. The highest BCUT2D eigenvalue weighted by Gasteiger charge is 2.21. The van der Waals surface area contributed by atoms with Crippen LogP contribution >= 0.6 is 11.6 Å². The molecule has 0 radical (unpaired) electrons. The van der Waals surface area contributed by atoms with Crippen molar-refractivity contribution in [2.75, 3.05) is 18.4 Å². The first kappa shape index (κ1) is 12.2. The van der Waals surface area contributed by atoms with Crippen LogP contribution in [0.2, 0.25) is 5.02 Å². The third-order valence-corrected chi connectivity index (χ3v) is 3.06. The van der Waals surface area contributed by atoms with Gasteiger partial charge in [-0.1, -0.05) is 17.7 Å². The van der Waals surface area contributed by atoms with Crippen molar-refractivity contribution in [2.24, 2.45) is 0 Å². The van der Waals surface area contributed by atoms with Crippen molar-refractivity contribution < 1.29 is 9.90 Å². The van der Waals surface area contributed by atoms with Gasteiger partial charge in [-0.25, -0.2) is 4.79 Å². The zero-order chi connectivity index (χ0) is 12.3. The molecule has 0 spiro atoms. The number of carbonyl (C=O) groups excluding carboxylic acids is 1. The van der Waals surface area contributed by atoms with Gasteiger partial charge in [0.15, 0.2) is 0 Å². The van der Waals surface area contributed by atoms with Gasteiger partial charge < -0.3 is 15.3 Å². The van der Waals surface area contributed by atoms with Crippen LogP contribution in [0, 0.1) is 0 Å². The molecule has 92 valence electrons. The molecule has 1 aromatic rings. The van der Waals surface area contributed by atoms with Crippen LogP contribution < -0.4 is 5.32 Å². The Morgan fingerprint density at radius 1 is 1.41 bits per heavy atom. The fraction of sp³-hybridized carbons (Fsp3) is 0.417. The Morgan fingerprint density at radius 3 is 2.76 bits per heavy atom. The van der Waals surface area contributed by atoms with E-state index < -0.39 is 0 Å². The van der Waals surface area contributed by atoms with Crippen LogP contribution in [0.1, 0.15) is 12.8 Å². The second-order valence-electron chi connectivity index (χ2n) is 4.16. The van der Waals surface area contributed by atoms with E-state index in [0.29, 0.717) is 36.6 Å². The first-order chi connectivity index (χ1) is 8.15. The third kappa shape index (κ3) is 3.35. The molecule has 2 amide bonds. The Balaban J connectivity index is 1.93. The molecule has 1 aliphatic rings. The summed E-state index contributed by atoms with van der Waals surface area (Å²) in [5.74, 6) is 0. The van der Waals surface area contributed by atoms with Gasteiger partial charge in [0, 0.05) is 23.8 Å². The number of nitrogens with one attached hydrogen (secondary N) is 1. The normalized spacial score (nSPS) is 16.9. The van der Waals surface area contributed by atoms with Gasteiger partial charge in [0.25, 0.3) is 0 Å². The molecule has 0 aliphatic carbocycles. The Kier molecular flexibility index (Phi) is 3.86. The van der Waals surface area contributed by atoms with Crippen LogP contribution in [0.25, 0.3) is 0 Å². The molecule has 4 nitrogen and oxygen atoms in total. The lowest BCUT2D eigenvalue weighted by atomic mass is 10.1. The number of aliphatic hydroxyl groups excluding tert-OH is 1. The van der Waals surface area contributed by atoms with E-state index in [0.717, 1.165) is 0 Å². The van der Waals surface area contributed by atoms with Gasteiger partial charge in [0.05, 0.1) is 6.10 Å². The van der Waals surface area contributed by atoms with E-state index in [4.69, 9.17) is 11.6 Å². The summed E-state index contributed by atoms with van der Waals surface area (Å²) < 4.78 is 0. The van der Waals surface area contributed by atoms with Gasteiger partial charge in [-0.2, -0.15) is 0 Å². The molecule has 2 rings (SSSR count). The summed E-state index contributed by atoms with van der Waals surface area (Å²) in [5.41, 5.74) is 0.689. The molecule has 5 heteroatoms. The molecule has 0 unspecified atom stereocenters. The average molecular weight is 255 g/mol. The van der Waals surface area contributed by atoms with Crippen molar-refractivity contribution in [1.29, 1.82) is 0 Å². The topological polar surface area (TPSA) is 52.6 Å². The highest BCUT2D eigenvalue weighted by atomic mass is 35.5. The monoisotopic (exact) mass is 254 g/mol. The van der Waals surface area contributed by atoms with Gasteiger partial charge in [-0.3, -0.25) is 0 Å². The van der Waals surface area contributed by atoms with Gasteiger partial charge in [-0.15, -0.1) is 0 Å². The number of hydrogen-bond donors (Lipinski definition) is 2. The largest absolute Gasteiger partial charge is 0.393 e. The molecule has 1 saturated heterocycles. The zero-order valence-electron chi connectivity index (χ0n) is 9.40. The highest BCUT2D eigenvalue weighted by Crippen LogP contribution is 2.16. The SMILES string of the molecule is O=C(Nc1cccc(Cl)c1)N1CCC(O)CC1. The van der Waals surface area contributed by atoms with E-state index in [1.165, 1.54) is 0 Å². The summed E-state index contributed by atoms with van der Waals surface area (Å²) in [6.07, 6.45) is 1.01. The number of rotatable bonds is 1. The fourth-order valence-electron chi connectivity index (χ4n) is 1.84. The number of hydrogen-bond acceptors (Lipinski definition) is 2. The molecule has 0 aromatic heterocycles. The predicted octanol–water partition coefficient (Wildman–Crippen LogP) is 2.33. The lowest BCUT2D eigenvalue weighted by Crippen LogP contribution is -2.42. The van der Waals surface area contributed by atoms with Crippen LogP contribution in [0.15, 0.2) is 24.3 Å². The average Bonchev–Trinajstić information content (AvgIpc) is 2.29. The number of urea groups is 1. The van der Waals surface area contributed by atoms with Crippen molar-refractivity contribution >= 4 is 23.3 Å². The number of carbonyl (C=O) groups is 1. The van der Waals surface area contributed by atoms with Crippen LogP contribution in [-0.2, 0) is 0 Å². The number of amides is 2. The number of anilines is 1. The summed E-state index contributed by atoms with van der Waals surface area (Å²) in [4.78, 5) is 13.6. The maximum atomic E-state index is 11.9. The maximum Gasteiger partial charge on any atom is 0.321 e. The number of halogens is 1. The van der Waals surface area contributed by atoms with Crippen molar-refractivity contribution in [1.82, 2.24) is 4.90 Å². The number of aliphatic hydroxyl groups is 1. The summed E-state index contributed by atoms with van der Waals surface area (Å²) in [5, 5.41) is 12.7. The minimum Gasteiger partial charge on any atom is -0.393 e. The second kappa shape index (κ2) is 5.38. The van der Waals surface area contributed by atoms with E-state index in [2.05, 4.69) is 5.32 Å². The van der Waals surface area contributed by atoms with Gasteiger partial charge >= 0.3 is 6.03 Å². The molecule has 1 heterocycles. The van der Waals surface area contributed by atoms with Gasteiger partial charge in [0.2, 0.25) is 0 Å². The van der Waals surface area contributed by atoms with Crippen LogP contribution in [0.5, 0.6) is 0 Å². The zero-order valence-corrected chi connectivity index (χ0v) is 10.2. The van der Waals surface area contributed by atoms with Crippen molar-refractivity contribution in [2.45, 2.75) is 18.9 Å². The van der Waals surface area contributed by atoms with Crippen molar-refractivity contribution in [3.63, 3.8) is 0 Å². The first-order valence-corrected chi connectivity index (χ1v) is 6.02. The van der Waals surface area contributed by atoms with Crippen LogP contribution in [0.4, 0.5) is 10.5 Å². The van der Waals surface area contributed by atoms with E-state index in [1.54, 1.807) is 29.2 Å². The van der Waals surface area contributed by atoms with E-state index in [9.17, 15) is 9.90 Å². The van der Waals surface area contributed by atoms with Gasteiger partial charge in [0.1, 0.15) is 0 Å². The second-order valence-corrected chi connectivity index (χ2v) is 4.60. The van der Waals surface area contributed by atoms with Gasteiger partial charge in [-0.05, 0) is 31.0 Å². The van der Waals surface area contributed by atoms with Crippen LogP contribution in [0.3, 0.4) is 0 Å². The quantitative estimate of drug-likeness (QED) is 0.808. The number of likely N-dealkylation sites (tertiary alicyclic amines) is 1. The standard InChI is InChI=1S/C12H15ClN2O2/c13-9-2-1-3-10(8-9)14-12(17)15-6-4-11(16)5-7-15/h1-3,8,11,16H,4-7H2,(H,14,17). The molecule has 17 heavy (non-hydrogen) atoms. The Hall–Kier alpha value is -1.26. The predicted molar refractivity (Wildman–Crippen MR) is 67.3 cm³/mol. The molecule has 1 aromatic carbocycles. The van der Waals surface area contributed by atoms with Crippen LogP contribution in [-0.4, -0.2) is 35.2 Å². The lowest BCUT2D eigenvalue weighted by Gasteiger charge is -2.29. The lowest BCUT2D eigenvalue weighted by molar-refractivity contribution is 0.0972. The molecule has 0 atom stereocenters. The molecule has 0 bridgehead atoms. The molecule has 1 aliphatic heterocycles. The minimum atomic E-state index is -0.273. The summed E-state index contributed by atoms with van der Waals surface area (Å²) in [6, 6.07) is 6.91. The molecule has 0 saturated carbocycles. The molecule has 1 fully saturated rings. The van der Waals surface area contributed by atoms with Crippen molar-refractivity contribution in [3.8, 4) is 0 Å². The van der Waals surface area contributed by atoms with E-state index in [-0.39, 0.29) is 12.1 Å². The Bertz CT molecular complexity index is 403. The Morgan fingerprint density at radius 2 is 2.12 bits per heavy atom. The smallest absolute Gasteiger partial charge is 0.321 e. The number of piperidine rings is 1. The minimum absolute atomic E-state index is 0.140. The molecular weight excluding hydrogens is 240 g/mol. The first-order valence-electron chi connectivity index (χ1n) is 5.65. The number of benzene rings is 1.